The standard InChI is InChI=1S/C12H26N2O3S/c1-2-12(10-13)18(15,16)14-8-9-17-11-6-4-3-5-7-11/h11-12,14H,2-10,13H2,1H3. The minimum atomic E-state index is -3.28. The van der Waals surface area contributed by atoms with E-state index in [9.17, 15) is 8.42 Å². The summed E-state index contributed by atoms with van der Waals surface area (Å²) in [5.41, 5.74) is 5.44. The van der Waals surface area contributed by atoms with Crippen molar-refractivity contribution in [2.24, 2.45) is 5.73 Å². The lowest BCUT2D eigenvalue weighted by Crippen LogP contribution is -2.40. The summed E-state index contributed by atoms with van der Waals surface area (Å²) in [5, 5.41) is -0.493. The summed E-state index contributed by atoms with van der Waals surface area (Å²) in [7, 11) is -3.28. The van der Waals surface area contributed by atoms with E-state index in [2.05, 4.69) is 4.72 Å². The molecule has 6 heteroatoms. The number of ether oxygens (including phenoxy) is 1. The summed E-state index contributed by atoms with van der Waals surface area (Å²) >= 11 is 0. The molecule has 1 saturated carbocycles. The lowest BCUT2D eigenvalue weighted by Gasteiger charge is -2.22. The number of hydrogen-bond acceptors (Lipinski definition) is 4. The largest absolute Gasteiger partial charge is 0.377 e. The second kappa shape index (κ2) is 8.09. The first-order valence-corrected chi connectivity index (χ1v) is 8.45. The van der Waals surface area contributed by atoms with Crippen LogP contribution in [0.3, 0.4) is 0 Å². The second-order valence-corrected chi connectivity index (χ2v) is 6.88. The zero-order chi connectivity index (χ0) is 13.4. The van der Waals surface area contributed by atoms with Crippen LogP contribution < -0.4 is 10.5 Å². The van der Waals surface area contributed by atoms with Gasteiger partial charge in [-0.25, -0.2) is 13.1 Å². The van der Waals surface area contributed by atoms with Crippen molar-refractivity contribution in [3.63, 3.8) is 0 Å². The molecule has 0 radical (unpaired) electrons. The highest BCUT2D eigenvalue weighted by Crippen LogP contribution is 2.19. The Morgan fingerprint density at radius 2 is 2.00 bits per heavy atom. The molecular formula is C12H26N2O3S. The summed E-state index contributed by atoms with van der Waals surface area (Å²) in [4.78, 5) is 0. The number of nitrogens with one attached hydrogen (secondary N) is 1. The molecular weight excluding hydrogens is 252 g/mol. The van der Waals surface area contributed by atoms with Crippen molar-refractivity contribution in [3.05, 3.63) is 0 Å². The van der Waals surface area contributed by atoms with Crippen molar-refractivity contribution in [2.75, 3.05) is 19.7 Å². The SMILES string of the molecule is CCC(CN)S(=O)(=O)NCCOC1CCCCC1. The summed E-state index contributed by atoms with van der Waals surface area (Å²) < 4.78 is 31.8. The highest BCUT2D eigenvalue weighted by Gasteiger charge is 2.21. The highest BCUT2D eigenvalue weighted by atomic mass is 32.2. The fourth-order valence-corrected chi connectivity index (χ4v) is 3.57. The van der Waals surface area contributed by atoms with Gasteiger partial charge in [0, 0.05) is 13.1 Å². The van der Waals surface area contributed by atoms with Gasteiger partial charge in [-0.2, -0.15) is 0 Å². The molecule has 0 spiro atoms. The van der Waals surface area contributed by atoms with Crippen molar-refractivity contribution in [3.8, 4) is 0 Å². The molecule has 0 heterocycles. The van der Waals surface area contributed by atoms with Gasteiger partial charge in [-0.05, 0) is 19.3 Å². The van der Waals surface area contributed by atoms with Crippen molar-refractivity contribution >= 4 is 10.0 Å². The molecule has 0 aliphatic heterocycles. The molecule has 0 aromatic rings. The van der Waals surface area contributed by atoms with E-state index in [1.54, 1.807) is 0 Å². The molecule has 0 amide bonds. The summed E-state index contributed by atoms with van der Waals surface area (Å²) in [5.74, 6) is 0. The third kappa shape index (κ3) is 5.22. The molecule has 1 unspecified atom stereocenters. The van der Waals surface area contributed by atoms with E-state index < -0.39 is 15.3 Å². The average molecular weight is 278 g/mol. The fourth-order valence-electron chi connectivity index (χ4n) is 2.27. The number of hydrogen-bond donors (Lipinski definition) is 2. The number of sulfonamides is 1. The zero-order valence-corrected chi connectivity index (χ0v) is 12.0. The highest BCUT2D eigenvalue weighted by molar-refractivity contribution is 7.90. The van der Waals surface area contributed by atoms with Gasteiger partial charge in [0.15, 0.2) is 0 Å². The van der Waals surface area contributed by atoms with Gasteiger partial charge in [-0.1, -0.05) is 26.2 Å². The Morgan fingerprint density at radius 3 is 2.56 bits per heavy atom. The van der Waals surface area contributed by atoms with Crippen LogP contribution in [0.2, 0.25) is 0 Å². The van der Waals surface area contributed by atoms with E-state index in [1.807, 2.05) is 6.92 Å². The average Bonchev–Trinajstić information content (AvgIpc) is 2.37. The Kier molecular flexibility index (Phi) is 7.14. The van der Waals surface area contributed by atoms with Crippen LogP contribution >= 0.6 is 0 Å². The maximum atomic E-state index is 11.8. The first-order valence-electron chi connectivity index (χ1n) is 6.90. The van der Waals surface area contributed by atoms with Crippen LogP contribution in [-0.4, -0.2) is 39.5 Å². The normalized spacial score (nSPS) is 19.9. The van der Waals surface area contributed by atoms with Gasteiger partial charge < -0.3 is 10.5 Å². The monoisotopic (exact) mass is 278 g/mol. The van der Waals surface area contributed by atoms with Gasteiger partial charge in [0.2, 0.25) is 10.0 Å². The van der Waals surface area contributed by atoms with Crippen molar-refractivity contribution in [2.45, 2.75) is 56.8 Å². The maximum absolute atomic E-state index is 11.8. The first kappa shape index (κ1) is 15.9. The van der Waals surface area contributed by atoms with Crippen LogP contribution in [0.1, 0.15) is 45.4 Å². The predicted molar refractivity (Wildman–Crippen MR) is 72.9 cm³/mol. The third-order valence-electron chi connectivity index (χ3n) is 3.47. The molecule has 0 aromatic heterocycles. The smallest absolute Gasteiger partial charge is 0.215 e. The molecule has 0 bridgehead atoms. The molecule has 18 heavy (non-hydrogen) atoms. The summed E-state index contributed by atoms with van der Waals surface area (Å²) in [6.07, 6.45) is 6.81. The second-order valence-electron chi connectivity index (χ2n) is 4.84. The van der Waals surface area contributed by atoms with Crippen LogP contribution in [0.15, 0.2) is 0 Å². The van der Waals surface area contributed by atoms with Gasteiger partial charge in [-0.15, -0.1) is 0 Å². The Labute approximate surface area is 111 Å². The lowest BCUT2D eigenvalue weighted by atomic mass is 9.98. The predicted octanol–water partition coefficient (Wildman–Crippen LogP) is 0.992. The molecule has 0 aromatic carbocycles. The molecule has 108 valence electrons. The Morgan fingerprint density at radius 1 is 1.33 bits per heavy atom. The summed E-state index contributed by atoms with van der Waals surface area (Å²) in [6, 6.07) is 0. The van der Waals surface area contributed by atoms with Crippen LogP contribution in [0.25, 0.3) is 0 Å². The molecule has 1 aliphatic carbocycles. The summed E-state index contributed by atoms with van der Waals surface area (Å²) in [6.45, 7) is 2.78. The van der Waals surface area contributed by atoms with Crippen LogP contribution in [0, 0.1) is 0 Å². The Balaban J connectivity index is 2.20. The van der Waals surface area contributed by atoms with Crippen LogP contribution in [-0.2, 0) is 14.8 Å². The lowest BCUT2D eigenvalue weighted by molar-refractivity contribution is 0.0320. The topological polar surface area (TPSA) is 81.4 Å². The molecule has 5 nitrogen and oxygen atoms in total. The van der Waals surface area contributed by atoms with Gasteiger partial charge in [0.25, 0.3) is 0 Å². The molecule has 1 aliphatic rings. The molecule has 0 saturated heterocycles. The quantitative estimate of drug-likeness (QED) is 0.649. The van der Waals surface area contributed by atoms with E-state index in [-0.39, 0.29) is 6.54 Å². The first-order chi connectivity index (χ1) is 8.60. The van der Waals surface area contributed by atoms with Crippen molar-refractivity contribution in [1.82, 2.24) is 4.72 Å². The van der Waals surface area contributed by atoms with Gasteiger partial charge in [-0.3, -0.25) is 0 Å². The van der Waals surface area contributed by atoms with Gasteiger partial charge in [0.1, 0.15) is 0 Å². The minimum Gasteiger partial charge on any atom is -0.377 e. The van der Waals surface area contributed by atoms with Crippen molar-refractivity contribution in [1.29, 1.82) is 0 Å². The van der Waals surface area contributed by atoms with Crippen molar-refractivity contribution < 1.29 is 13.2 Å². The molecule has 3 N–H and O–H groups in total. The Hall–Kier alpha value is -0.170. The third-order valence-corrected chi connectivity index (χ3v) is 5.48. The number of rotatable bonds is 8. The maximum Gasteiger partial charge on any atom is 0.215 e. The Bertz CT molecular complexity index is 309. The van der Waals surface area contributed by atoms with E-state index in [1.165, 1.54) is 19.3 Å². The van der Waals surface area contributed by atoms with Crippen LogP contribution in [0.4, 0.5) is 0 Å². The fraction of sp³-hybridized carbons (Fsp3) is 1.00. The van der Waals surface area contributed by atoms with E-state index in [4.69, 9.17) is 10.5 Å². The zero-order valence-electron chi connectivity index (χ0n) is 11.2. The van der Waals surface area contributed by atoms with Gasteiger partial charge >= 0.3 is 0 Å². The van der Waals surface area contributed by atoms with E-state index in [0.29, 0.717) is 25.7 Å². The molecule has 1 atom stereocenters. The number of nitrogens with two attached hydrogens (primary N) is 1. The van der Waals surface area contributed by atoms with Crippen LogP contribution in [0.5, 0.6) is 0 Å². The molecule has 1 rings (SSSR count). The van der Waals surface area contributed by atoms with Gasteiger partial charge in [0.05, 0.1) is 18.0 Å². The van der Waals surface area contributed by atoms with E-state index in [0.717, 1.165) is 12.8 Å². The minimum absolute atomic E-state index is 0.162. The van der Waals surface area contributed by atoms with E-state index >= 15 is 0 Å². The molecule has 1 fully saturated rings.